The summed E-state index contributed by atoms with van der Waals surface area (Å²) in [7, 11) is 3.47. The lowest BCUT2D eigenvalue weighted by Crippen LogP contribution is -2.26. The molecule has 2 atom stereocenters. The second-order valence-electron chi connectivity index (χ2n) is 10.6. The number of aliphatic hydroxyl groups excluding tert-OH is 1. The first-order valence-electron chi connectivity index (χ1n) is 12.6. The third kappa shape index (κ3) is 4.01. The van der Waals surface area contributed by atoms with E-state index in [0.29, 0.717) is 40.2 Å². The molecule has 1 aliphatic carbocycles. The van der Waals surface area contributed by atoms with Gasteiger partial charge in [-0.2, -0.15) is 15.2 Å². The number of ether oxygens (including phenoxy) is 2. The van der Waals surface area contributed by atoms with Crippen molar-refractivity contribution < 1.29 is 14.6 Å². The number of aliphatic hydroxyl groups is 1. The summed E-state index contributed by atoms with van der Waals surface area (Å²) < 4.78 is 17.5. The molecule has 0 spiro atoms. The molecule has 38 heavy (non-hydrogen) atoms. The Balaban J connectivity index is 1.36. The van der Waals surface area contributed by atoms with E-state index in [9.17, 15) is 5.11 Å². The van der Waals surface area contributed by atoms with Gasteiger partial charge in [-0.3, -0.25) is 9.67 Å². The number of imidazole rings is 1. The van der Waals surface area contributed by atoms with Gasteiger partial charge in [0.15, 0.2) is 28.7 Å². The fourth-order valence-electron chi connectivity index (χ4n) is 5.10. The van der Waals surface area contributed by atoms with Gasteiger partial charge in [-0.25, -0.2) is 9.50 Å². The number of aromatic nitrogens is 8. The van der Waals surface area contributed by atoms with Crippen LogP contribution < -0.4 is 14.8 Å². The first kappa shape index (κ1) is 24.2. The summed E-state index contributed by atoms with van der Waals surface area (Å²) in [6.07, 6.45) is 10.6. The predicted octanol–water partition coefficient (Wildman–Crippen LogP) is 4.14. The number of aryl methyl sites for hydroxylation is 1. The van der Waals surface area contributed by atoms with Crippen molar-refractivity contribution in [1.29, 1.82) is 0 Å². The van der Waals surface area contributed by atoms with Crippen molar-refractivity contribution in [3.63, 3.8) is 0 Å². The standard InChI is InChI=1S/C26H31N9O3/c1-26(2,3)20-11-21(32-35(20)15-7-6-8-17(15)36)30-25-31-24-22(33(25)4)23(37-5)19(13-28-24)38-18-14-29-34-10-9-27-12-16(18)34/h9-15,17,36H,6-8H2,1-5H3,(H,28,30,31,32)/t15-,17+/m1/s1. The van der Waals surface area contributed by atoms with Crippen molar-refractivity contribution in [3.8, 4) is 17.2 Å². The largest absolute Gasteiger partial charge is 0.491 e. The molecule has 1 aliphatic rings. The molecule has 198 valence electrons. The molecule has 0 aromatic carbocycles. The maximum atomic E-state index is 10.6. The van der Waals surface area contributed by atoms with Gasteiger partial charge >= 0.3 is 0 Å². The van der Waals surface area contributed by atoms with Crippen LogP contribution in [0.15, 0.2) is 37.1 Å². The highest BCUT2D eigenvalue weighted by atomic mass is 16.5. The number of pyridine rings is 1. The Hall–Kier alpha value is -4.19. The Labute approximate surface area is 219 Å². The highest BCUT2D eigenvalue weighted by Crippen LogP contribution is 2.40. The van der Waals surface area contributed by atoms with Crippen LogP contribution in [-0.4, -0.2) is 57.2 Å². The van der Waals surface area contributed by atoms with Crippen molar-refractivity contribution in [2.24, 2.45) is 7.05 Å². The number of rotatable bonds is 6. The molecule has 0 saturated heterocycles. The summed E-state index contributed by atoms with van der Waals surface area (Å²) in [5, 5.41) is 23.1. The minimum atomic E-state index is -0.393. The highest BCUT2D eigenvalue weighted by molar-refractivity contribution is 5.85. The van der Waals surface area contributed by atoms with Crippen molar-refractivity contribution >= 4 is 28.4 Å². The fraction of sp³-hybridized carbons (Fsp3) is 0.423. The number of nitrogens with zero attached hydrogens (tertiary/aromatic N) is 8. The van der Waals surface area contributed by atoms with E-state index in [1.807, 2.05) is 22.4 Å². The molecule has 0 unspecified atom stereocenters. The van der Waals surface area contributed by atoms with E-state index in [4.69, 9.17) is 19.6 Å². The molecule has 0 amide bonds. The number of fused-ring (bicyclic) bond motifs is 2. The minimum Gasteiger partial charge on any atom is -0.491 e. The molecular formula is C26H31N9O3. The molecule has 2 N–H and O–H groups in total. The van der Waals surface area contributed by atoms with Crippen molar-refractivity contribution in [2.75, 3.05) is 12.4 Å². The van der Waals surface area contributed by atoms with Crippen molar-refractivity contribution in [3.05, 3.63) is 42.7 Å². The van der Waals surface area contributed by atoms with Crippen LogP contribution in [0.4, 0.5) is 11.8 Å². The molecule has 0 radical (unpaired) electrons. The summed E-state index contributed by atoms with van der Waals surface area (Å²) in [6.45, 7) is 6.45. The Kier molecular flexibility index (Phi) is 5.71. The number of anilines is 2. The SMILES string of the molecule is COc1c(Oc2cnn3ccncc23)cnc2nc(Nc3cc(C(C)(C)C)n([C@@H]4CCC[C@@H]4O)n3)n(C)c12. The summed E-state index contributed by atoms with van der Waals surface area (Å²) in [4.78, 5) is 13.4. The van der Waals surface area contributed by atoms with Gasteiger partial charge in [-0.1, -0.05) is 20.8 Å². The lowest BCUT2D eigenvalue weighted by atomic mass is 9.91. The number of hydrogen-bond donors (Lipinski definition) is 2. The molecule has 12 heteroatoms. The highest BCUT2D eigenvalue weighted by Gasteiger charge is 2.33. The Morgan fingerprint density at radius 3 is 2.71 bits per heavy atom. The van der Waals surface area contributed by atoms with Gasteiger partial charge in [0, 0.05) is 36.6 Å². The molecule has 5 aromatic heterocycles. The average molecular weight is 518 g/mol. The summed E-state index contributed by atoms with van der Waals surface area (Å²) in [5.41, 5.74) is 2.80. The maximum absolute atomic E-state index is 10.6. The molecule has 12 nitrogen and oxygen atoms in total. The van der Waals surface area contributed by atoms with Crippen LogP contribution in [0.2, 0.25) is 0 Å². The lowest BCUT2D eigenvalue weighted by Gasteiger charge is -2.25. The van der Waals surface area contributed by atoms with E-state index < -0.39 is 6.10 Å². The van der Waals surface area contributed by atoms with Gasteiger partial charge in [0.1, 0.15) is 11.0 Å². The van der Waals surface area contributed by atoms with Crippen molar-refractivity contribution in [2.45, 2.75) is 57.6 Å². The molecule has 0 aliphatic heterocycles. The van der Waals surface area contributed by atoms with E-state index >= 15 is 0 Å². The average Bonchev–Trinajstić information content (AvgIpc) is 3.66. The number of hydrogen-bond acceptors (Lipinski definition) is 9. The first-order valence-corrected chi connectivity index (χ1v) is 12.6. The second kappa shape index (κ2) is 8.98. The molecule has 1 fully saturated rings. The summed E-state index contributed by atoms with van der Waals surface area (Å²) in [5.74, 6) is 2.67. The van der Waals surface area contributed by atoms with Gasteiger partial charge in [0.25, 0.3) is 0 Å². The normalized spacial score (nSPS) is 17.9. The van der Waals surface area contributed by atoms with Crippen LogP contribution in [0, 0.1) is 0 Å². The Bertz CT molecular complexity index is 1630. The Morgan fingerprint density at radius 1 is 1.13 bits per heavy atom. The first-order chi connectivity index (χ1) is 18.2. The van der Waals surface area contributed by atoms with Crippen LogP contribution in [0.3, 0.4) is 0 Å². The van der Waals surface area contributed by atoms with Crippen molar-refractivity contribution in [1.82, 2.24) is 38.9 Å². The van der Waals surface area contributed by atoms with Gasteiger partial charge < -0.3 is 24.5 Å². The van der Waals surface area contributed by atoms with Crippen LogP contribution in [-0.2, 0) is 12.5 Å². The van der Waals surface area contributed by atoms with E-state index in [2.05, 4.69) is 41.2 Å². The van der Waals surface area contributed by atoms with Crippen LogP contribution >= 0.6 is 0 Å². The van der Waals surface area contributed by atoms with E-state index in [-0.39, 0.29) is 11.5 Å². The van der Waals surface area contributed by atoms with E-state index in [0.717, 1.165) is 30.5 Å². The monoisotopic (exact) mass is 517 g/mol. The zero-order valence-electron chi connectivity index (χ0n) is 22.1. The van der Waals surface area contributed by atoms with Gasteiger partial charge in [-0.05, 0) is 19.3 Å². The Morgan fingerprint density at radius 2 is 1.97 bits per heavy atom. The van der Waals surface area contributed by atoms with E-state index in [1.54, 1.807) is 42.6 Å². The fourth-order valence-corrected chi connectivity index (χ4v) is 5.10. The third-order valence-corrected chi connectivity index (χ3v) is 7.04. The topological polar surface area (TPSA) is 129 Å². The second-order valence-corrected chi connectivity index (χ2v) is 10.6. The smallest absolute Gasteiger partial charge is 0.211 e. The van der Waals surface area contributed by atoms with Crippen LogP contribution in [0.1, 0.15) is 51.8 Å². The van der Waals surface area contributed by atoms with Gasteiger partial charge in [0.05, 0.1) is 37.8 Å². The molecular weight excluding hydrogens is 486 g/mol. The maximum Gasteiger partial charge on any atom is 0.211 e. The van der Waals surface area contributed by atoms with Gasteiger partial charge in [-0.15, -0.1) is 0 Å². The third-order valence-electron chi connectivity index (χ3n) is 7.04. The minimum absolute atomic E-state index is 0.0307. The molecule has 5 aromatic rings. The predicted molar refractivity (Wildman–Crippen MR) is 141 cm³/mol. The molecule has 1 saturated carbocycles. The van der Waals surface area contributed by atoms with Crippen LogP contribution in [0.5, 0.6) is 17.2 Å². The van der Waals surface area contributed by atoms with E-state index in [1.165, 1.54) is 0 Å². The quantitative estimate of drug-likeness (QED) is 0.341. The molecule has 6 rings (SSSR count). The molecule has 0 bridgehead atoms. The molecule has 5 heterocycles. The summed E-state index contributed by atoms with van der Waals surface area (Å²) in [6, 6.07) is 2.00. The zero-order chi connectivity index (χ0) is 26.6. The number of methoxy groups -OCH3 is 1. The zero-order valence-corrected chi connectivity index (χ0v) is 22.1. The summed E-state index contributed by atoms with van der Waals surface area (Å²) >= 11 is 0. The number of nitrogens with one attached hydrogen (secondary N) is 1. The van der Waals surface area contributed by atoms with Crippen LogP contribution in [0.25, 0.3) is 16.7 Å². The van der Waals surface area contributed by atoms with Gasteiger partial charge in [0.2, 0.25) is 5.95 Å². The lowest BCUT2D eigenvalue weighted by molar-refractivity contribution is 0.127.